The van der Waals surface area contributed by atoms with Crippen molar-refractivity contribution >= 4 is 17.5 Å². The van der Waals surface area contributed by atoms with Crippen molar-refractivity contribution in [1.29, 1.82) is 0 Å². The summed E-state index contributed by atoms with van der Waals surface area (Å²) >= 11 is 0. The van der Waals surface area contributed by atoms with Crippen molar-refractivity contribution in [3.8, 4) is 0 Å². The minimum absolute atomic E-state index is 0.0910. The number of Topliss-reactive ketones (excluding diaryl/α,β-unsaturated/α-hetero) is 2. The molecular formula is C22H30O5. The van der Waals surface area contributed by atoms with Crippen molar-refractivity contribution in [2.45, 2.75) is 72.0 Å². The van der Waals surface area contributed by atoms with Crippen molar-refractivity contribution in [3.63, 3.8) is 0 Å². The Morgan fingerprint density at radius 1 is 1.22 bits per heavy atom. The largest absolute Gasteiger partial charge is 0.454 e. The molecule has 0 heterocycles. The lowest BCUT2D eigenvalue weighted by Gasteiger charge is -2.51. The normalized spacial score (nSPS) is 38.9. The maximum atomic E-state index is 13.6. The molecule has 0 aromatic rings. The van der Waals surface area contributed by atoms with Gasteiger partial charge >= 0.3 is 5.97 Å². The van der Waals surface area contributed by atoms with E-state index in [0.29, 0.717) is 24.0 Å². The summed E-state index contributed by atoms with van der Waals surface area (Å²) in [4.78, 5) is 37.9. The molecule has 0 aliphatic heterocycles. The van der Waals surface area contributed by atoms with Gasteiger partial charge in [-0.25, -0.2) is 0 Å². The van der Waals surface area contributed by atoms with Gasteiger partial charge in [-0.3, -0.25) is 14.4 Å². The molecule has 0 saturated heterocycles. The van der Waals surface area contributed by atoms with E-state index >= 15 is 0 Å². The number of allylic oxidation sites excluding steroid dienone is 2. The Hall–Kier alpha value is -1.75. The number of carbonyl (C=O) groups excluding carboxylic acids is 3. The maximum absolute atomic E-state index is 13.6. The Bertz CT molecular complexity index is 731. The van der Waals surface area contributed by atoms with Gasteiger partial charge in [0.25, 0.3) is 0 Å². The molecule has 0 spiro atoms. The van der Waals surface area contributed by atoms with E-state index in [0.717, 1.165) is 12.8 Å². The molecule has 0 radical (unpaired) electrons. The fourth-order valence-corrected chi connectivity index (χ4v) is 5.57. The summed E-state index contributed by atoms with van der Waals surface area (Å²) in [6.07, 6.45) is 3.03. The first-order valence-electron chi connectivity index (χ1n) is 9.82. The predicted octanol–water partition coefficient (Wildman–Crippen LogP) is 3.16. The number of aliphatic hydroxyl groups excluding tert-OH is 1. The number of rotatable bonds is 1. The van der Waals surface area contributed by atoms with Crippen LogP contribution in [0.4, 0.5) is 0 Å². The van der Waals surface area contributed by atoms with Crippen molar-refractivity contribution in [3.05, 3.63) is 23.8 Å². The van der Waals surface area contributed by atoms with E-state index in [4.69, 9.17) is 4.74 Å². The van der Waals surface area contributed by atoms with Crippen LogP contribution < -0.4 is 0 Å². The summed E-state index contributed by atoms with van der Waals surface area (Å²) in [6.45, 7) is 11.4. The number of ketones is 2. The highest BCUT2D eigenvalue weighted by Crippen LogP contribution is 2.55. The molecule has 5 atom stereocenters. The Morgan fingerprint density at radius 3 is 2.52 bits per heavy atom. The number of hydrogen-bond donors (Lipinski definition) is 1. The lowest BCUT2D eigenvalue weighted by atomic mass is 9.52. The van der Waals surface area contributed by atoms with Crippen LogP contribution in [0.15, 0.2) is 23.8 Å². The highest BCUT2D eigenvalue weighted by Gasteiger charge is 2.54. The Morgan fingerprint density at radius 2 is 1.89 bits per heavy atom. The summed E-state index contributed by atoms with van der Waals surface area (Å²) in [7, 11) is 0. The minimum atomic E-state index is -0.904. The summed E-state index contributed by atoms with van der Waals surface area (Å²) in [5, 5.41) is 10.9. The zero-order chi connectivity index (χ0) is 20.1. The van der Waals surface area contributed by atoms with Gasteiger partial charge < -0.3 is 9.84 Å². The van der Waals surface area contributed by atoms with E-state index in [2.05, 4.69) is 20.4 Å². The highest BCUT2D eigenvalue weighted by atomic mass is 16.5. The number of carbonyl (C=O) groups is 3. The molecule has 1 saturated carbocycles. The van der Waals surface area contributed by atoms with Crippen LogP contribution in [0, 0.1) is 22.7 Å². The van der Waals surface area contributed by atoms with Crippen molar-refractivity contribution in [1.82, 2.24) is 0 Å². The molecule has 27 heavy (non-hydrogen) atoms. The second-order valence-electron chi connectivity index (χ2n) is 9.34. The maximum Gasteiger partial charge on any atom is 0.303 e. The quantitative estimate of drug-likeness (QED) is 0.563. The molecule has 0 aromatic heterocycles. The van der Waals surface area contributed by atoms with Gasteiger partial charge in [-0.05, 0) is 36.2 Å². The smallest absolute Gasteiger partial charge is 0.303 e. The van der Waals surface area contributed by atoms with Crippen LogP contribution >= 0.6 is 0 Å². The molecule has 5 nitrogen and oxygen atoms in total. The third-order valence-electron chi connectivity index (χ3n) is 7.06. The summed E-state index contributed by atoms with van der Waals surface area (Å²) in [5.74, 6) is -1.32. The zero-order valence-corrected chi connectivity index (χ0v) is 16.7. The van der Waals surface area contributed by atoms with Crippen LogP contribution in [0.2, 0.25) is 0 Å². The van der Waals surface area contributed by atoms with Gasteiger partial charge in [-0.15, -0.1) is 0 Å². The van der Waals surface area contributed by atoms with Gasteiger partial charge in [-0.1, -0.05) is 39.8 Å². The average molecular weight is 374 g/mol. The number of esters is 1. The van der Waals surface area contributed by atoms with Crippen LogP contribution in [-0.2, 0) is 19.1 Å². The van der Waals surface area contributed by atoms with Gasteiger partial charge in [0.15, 0.2) is 17.7 Å². The second kappa shape index (κ2) is 6.69. The van der Waals surface area contributed by atoms with Crippen LogP contribution in [0.5, 0.6) is 0 Å². The fourth-order valence-electron chi connectivity index (χ4n) is 5.57. The molecular weight excluding hydrogens is 344 g/mol. The van der Waals surface area contributed by atoms with E-state index in [-0.39, 0.29) is 35.2 Å². The van der Waals surface area contributed by atoms with E-state index in [9.17, 15) is 19.5 Å². The third kappa shape index (κ3) is 3.31. The lowest BCUT2D eigenvalue weighted by Crippen LogP contribution is -2.52. The zero-order valence-electron chi connectivity index (χ0n) is 16.7. The molecule has 2 bridgehead atoms. The average Bonchev–Trinajstić information content (AvgIpc) is 2.84. The molecule has 5 heteroatoms. The third-order valence-corrected chi connectivity index (χ3v) is 7.06. The van der Waals surface area contributed by atoms with Crippen LogP contribution in [0.3, 0.4) is 0 Å². The van der Waals surface area contributed by atoms with Crippen LogP contribution in [-0.4, -0.2) is 34.9 Å². The predicted molar refractivity (Wildman–Crippen MR) is 101 cm³/mol. The Kier molecular flexibility index (Phi) is 4.96. The first-order valence-corrected chi connectivity index (χ1v) is 9.82. The highest BCUT2D eigenvalue weighted by molar-refractivity contribution is 6.11. The van der Waals surface area contributed by atoms with Crippen LogP contribution in [0.25, 0.3) is 0 Å². The van der Waals surface area contributed by atoms with Gasteiger partial charge in [-0.2, -0.15) is 0 Å². The van der Waals surface area contributed by atoms with Gasteiger partial charge in [0.2, 0.25) is 0 Å². The Labute approximate surface area is 160 Å². The summed E-state index contributed by atoms with van der Waals surface area (Å²) < 4.78 is 5.45. The Balaban J connectivity index is 2.11. The molecule has 3 aliphatic carbocycles. The molecule has 3 rings (SSSR count). The number of ether oxygens (including phenoxy) is 1. The topological polar surface area (TPSA) is 80.7 Å². The molecule has 0 amide bonds. The fraction of sp³-hybridized carbons (Fsp3) is 0.682. The second-order valence-corrected chi connectivity index (χ2v) is 9.34. The van der Waals surface area contributed by atoms with Gasteiger partial charge in [0, 0.05) is 30.3 Å². The summed E-state index contributed by atoms with van der Waals surface area (Å²) in [6, 6.07) is 0. The van der Waals surface area contributed by atoms with Gasteiger partial charge in [0.1, 0.15) is 0 Å². The molecule has 148 valence electrons. The SMILES string of the molecule is C=C1C(=O)C2=CC1C[C@H](OC(C)=O)C(=O)[C@]1(C)CCCC(C)(C)[C@H]1C[C@H]2O. The van der Waals surface area contributed by atoms with E-state index in [1.807, 2.05) is 6.92 Å². The van der Waals surface area contributed by atoms with Crippen molar-refractivity contribution in [2.24, 2.45) is 22.7 Å². The number of hydrogen-bond acceptors (Lipinski definition) is 5. The van der Waals surface area contributed by atoms with Gasteiger partial charge in [0.05, 0.1) is 6.10 Å². The van der Waals surface area contributed by atoms with E-state index in [1.54, 1.807) is 6.08 Å². The van der Waals surface area contributed by atoms with E-state index in [1.165, 1.54) is 6.92 Å². The van der Waals surface area contributed by atoms with Crippen molar-refractivity contribution < 1.29 is 24.2 Å². The minimum Gasteiger partial charge on any atom is -0.454 e. The molecule has 3 aliphatic rings. The molecule has 1 fully saturated rings. The monoisotopic (exact) mass is 374 g/mol. The van der Waals surface area contributed by atoms with E-state index < -0.39 is 23.6 Å². The summed E-state index contributed by atoms with van der Waals surface area (Å²) in [5.41, 5.74) is -0.125. The molecule has 0 aromatic carbocycles. The first-order chi connectivity index (χ1) is 12.5. The lowest BCUT2D eigenvalue weighted by molar-refractivity contribution is -0.163. The van der Waals surface area contributed by atoms with Crippen molar-refractivity contribution in [2.75, 3.05) is 0 Å². The first kappa shape index (κ1) is 20.0. The molecule has 1 N–H and O–H groups in total. The number of fused-ring (bicyclic) bond motifs is 2. The van der Waals surface area contributed by atoms with Crippen LogP contribution in [0.1, 0.15) is 59.8 Å². The molecule has 1 unspecified atom stereocenters. The standard InChI is InChI=1S/C22H30O5/c1-12-14-9-15(19(12)25)16(24)11-18-21(3,4)7-6-8-22(18,5)20(26)17(10-14)27-13(2)23/h9,14,16-18,24H,1,6-8,10-11H2,2-5H3/t14?,16-,17+,18-,22-/m1/s1. The number of aliphatic hydroxyl groups is 1.